The predicted octanol–water partition coefficient (Wildman–Crippen LogP) is 6.26. The lowest BCUT2D eigenvalue weighted by Gasteiger charge is -2.12. The number of carbonyl (C=O) groups excluding carboxylic acids is 2. The van der Waals surface area contributed by atoms with Crippen LogP contribution in [0.2, 0.25) is 5.02 Å². The van der Waals surface area contributed by atoms with Crippen molar-refractivity contribution >= 4 is 46.1 Å². The van der Waals surface area contributed by atoms with E-state index in [1.807, 2.05) is 43.3 Å². The van der Waals surface area contributed by atoms with E-state index in [9.17, 15) is 9.59 Å². The maximum absolute atomic E-state index is 12.1. The summed E-state index contributed by atoms with van der Waals surface area (Å²) >= 11 is 6.07. The number of hydrogen-bond donors (Lipinski definition) is 2. The Morgan fingerprint density at radius 2 is 1.71 bits per heavy atom. The van der Waals surface area contributed by atoms with E-state index in [1.54, 1.807) is 31.4 Å². The van der Waals surface area contributed by atoms with Crippen molar-refractivity contribution in [1.82, 2.24) is 5.43 Å². The molecule has 8 heteroatoms. The third kappa shape index (κ3) is 7.11. The highest BCUT2D eigenvalue weighted by molar-refractivity contribution is 6.31. The van der Waals surface area contributed by atoms with Crippen LogP contribution in [0.15, 0.2) is 84.0 Å². The number of nitrogens with one attached hydrogen (secondary N) is 2. The Kier molecular flexibility index (Phi) is 8.95. The number of aryl methyl sites for hydroxylation is 1. The zero-order valence-electron chi connectivity index (χ0n) is 21.2. The zero-order valence-corrected chi connectivity index (χ0v) is 21.9. The Bertz CT molecular complexity index is 1480. The second-order valence-corrected chi connectivity index (χ2v) is 9.05. The van der Waals surface area contributed by atoms with Crippen molar-refractivity contribution in [1.29, 1.82) is 0 Å². The molecule has 0 heterocycles. The number of hydrogen-bond acceptors (Lipinski definition) is 5. The summed E-state index contributed by atoms with van der Waals surface area (Å²) in [6, 6.07) is 24.9. The fraction of sp³-hybridized carbons (Fsp3) is 0.167. The molecule has 4 aromatic rings. The lowest BCUT2D eigenvalue weighted by molar-refractivity contribution is -0.124. The Morgan fingerprint density at radius 1 is 0.921 bits per heavy atom. The number of ether oxygens (including phenoxy) is 2. The standard InChI is InChI=1S/C30H28ClN3O4/c1-20-10-12-24(17-26(20)31)33-29(35)14-15-30(36)34-32-18-21-11-13-27(28(16-21)37-2)38-19-23-8-5-7-22-6-3-4-9-25(22)23/h3-13,16-18H,14-15,19H2,1-2H3,(H,33,35)(H,34,36). The summed E-state index contributed by atoms with van der Waals surface area (Å²) in [5.41, 5.74) is 5.74. The average Bonchev–Trinajstić information content (AvgIpc) is 2.93. The third-order valence-electron chi connectivity index (χ3n) is 5.89. The van der Waals surface area contributed by atoms with Crippen molar-refractivity contribution in [2.24, 2.45) is 5.10 Å². The molecule has 0 bridgehead atoms. The maximum atomic E-state index is 12.1. The van der Waals surface area contributed by atoms with Crippen molar-refractivity contribution in [3.05, 3.63) is 101 Å². The van der Waals surface area contributed by atoms with E-state index in [4.69, 9.17) is 21.1 Å². The predicted molar refractivity (Wildman–Crippen MR) is 151 cm³/mol. The zero-order chi connectivity index (χ0) is 26.9. The monoisotopic (exact) mass is 529 g/mol. The Labute approximate surface area is 226 Å². The first-order chi connectivity index (χ1) is 18.4. The molecule has 0 radical (unpaired) electrons. The number of rotatable bonds is 10. The summed E-state index contributed by atoms with van der Waals surface area (Å²) in [6.45, 7) is 2.27. The number of halogens is 1. The molecule has 4 rings (SSSR count). The molecule has 0 unspecified atom stereocenters. The van der Waals surface area contributed by atoms with Gasteiger partial charge in [-0.15, -0.1) is 0 Å². The molecule has 0 aliphatic rings. The number of amides is 2. The second-order valence-electron chi connectivity index (χ2n) is 8.64. The molecule has 2 N–H and O–H groups in total. The molecule has 7 nitrogen and oxygen atoms in total. The first kappa shape index (κ1) is 26.7. The number of methoxy groups -OCH3 is 1. The van der Waals surface area contributed by atoms with Crippen molar-refractivity contribution in [3.8, 4) is 11.5 Å². The van der Waals surface area contributed by atoms with E-state index >= 15 is 0 Å². The molecule has 0 aliphatic carbocycles. The van der Waals surface area contributed by atoms with E-state index in [0.29, 0.717) is 34.4 Å². The third-order valence-corrected chi connectivity index (χ3v) is 6.30. The topological polar surface area (TPSA) is 89.0 Å². The number of carbonyl (C=O) groups is 2. The highest BCUT2D eigenvalue weighted by Gasteiger charge is 2.09. The Balaban J connectivity index is 1.27. The largest absolute Gasteiger partial charge is 0.493 e. The molecule has 38 heavy (non-hydrogen) atoms. The van der Waals surface area contributed by atoms with Gasteiger partial charge in [-0.1, -0.05) is 60.1 Å². The highest BCUT2D eigenvalue weighted by atomic mass is 35.5. The molecule has 0 saturated heterocycles. The smallest absolute Gasteiger partial charge is 0.240 e. The molecule has 0 atom stereocenters. The van der Waals surface area contributed by atoms with Crippen molar-refractivity contribution in [2.75, 3.05) is 12.4 Å². The van der Waals surface area contributed by atoms with Gasteiger partial charge in [-0.3, -0.25) is 9.59 Å². The molecule has 0 saturated carbocycles. The van der Waals surface area contributed by atoms with E-state index in [-0.39, 0.29) is 24.7 Å². The van der Waals surface area contributed by atoms with Crippen LogP contribution in [0.5, 0.6) is 11.5 Å². The van der Waals surface area contributed by atoms with E-state index in [2.05, 4.69) is 34.0 Å². The van der Waals surface area contributed by atoms with Gasteiger partial charge in [-0.05, 0) is 64.7 Å². The van der Waals surface area contributed by atoms with Crippen LogP contribution in [-0.4, -0.2) is 25.1 Å². The molecule has 0 aliphatic heterocycles. The van der Waals surface area contributed by atoms with Gasteiger partial charge in [0.1, 0.15) is 6.61 Å². The normalized spacial score (nSPS) is 10.9. The SMILES string of the molecule is COc1cc(C=NNC(=O)CCC(=O)Nc2ccc(C)c(Cl)c2)ccc1OCc1cccc2ccccc12. The minimum atomic E-state index is -0.375. The summed E-state index contributed by atoms with van der Waals surface area (Å²) in [5.74, 6) is 0.490. The van der Waals surface area contributed by atoms with Gasteiger partial charge in [0, 0.05) is 23.6 Å². The van der Waals surface area contributed by atoms with Crippen molar-refractivity contribution in [2.45, 2.75) is 26.4 Å². The average molecular weight is 530 g/mol. The van der Waals surface area contributed by atoms with Crippen LogP contribution in [0.4, 0.5) is 5.69 Å². The molecule has 194 valence electrons. The summed E-state index contributed by atoms with van der Waals surface area (Å²) < 4.78 is 11.5. The highest BCUT2D eigenvalue weighted by Crippen LogP contribution is 2.29. The van der Waals surface area contributed by atoms with Crippen molar-refractivity contribution < 1.29 is 19.1 Å². The summed E-state index contributed by atoms with van der Waals surface area (Å²) in [7, 11) is 1.57. The molecule has 0 fully saturated rings. The second kappa shape index (κ2) is 12.7. The maximum Gasteiger partial charge on any atom is 0.240 e. The van der Waals surface area contributed by atoms with Gasteiger partial charge in [0.15, 0.2) is 11.5 Å². The summed E-state index contributed by atoms with van der Waals surface area (Å²) in [4.78, 5) is 24.2. The number of anilines is 1. The number of benzene rings is 4. The van der Waals surface area contributed by atoms with Gasteiger partial charge in [0.05, 0.1) is 13.3 Å². The van der Waals surface area contributed by atoms with Crippen LogP contribution in [0.1, 0.15) is 29.5 Å². The minimum absolute atomic E-state index is 0.00691. The minimum Gasteiger partial charge on any atom is -0.493 e. The first-order valence-electron chi connectivity index (χ1n) is 12.1. The fourth-order valence-corrected chi connectivity index (χ4v) is 3.99. The molecule has 4 aromatic carbocycles. The lowest BCUT2D eigenvalue weighted by atomic mass is 10.1. The number of hydrazone groups is 1. The number of fused-ring (bicyclic) bond motifs is 1. The summed E-state index contributed by atoms with van der Waals surface area (Å²) in [5, 5.41) is 9.58. The molecular weight excluding hydrogens is 502 g/mol. The van der Waals surface area contributed by atoms with E-state index in [1.165, 1.54) is 6.21 Å². The van der Waals surface area contributed by atoms with Gasteiger partial charge >= 0.3 is 0 Å². The number of nitrogens with zero attached hydrogens (tertiary/aromatic N) is 1. The van der Waals surface area contributed by atoms with Gasteiger partial charge in [0.2, 0.25) is 11.8 Å². The fourth-order valence-electron chi connectivity index (χ4n) is 3.81. The Hall–Kier alpha value is -4.36. The van der Waals surface area contributed by atoms with Crippen LogP contribution in [0.25, 0.3) is 10.8 Å². The van der Waals surface area contributed by atoms with Crippen LogP contribution in [-0.2, 0) is 16.2 Å². The van der Waals surface area contributed by atoms with E-state index < -0.39 is 0 Å². The van der Waals surface area contributed by atoms with Crippen LogP contribution in [0.3, 0.4) is 0 Å². The van der Waals surface area contributed by atoms with Gasteiger partial charge in [-0.2, -0.15) is 5.10 Å². The van der Waals surface area contributed by atoms with Gasteiger partial charge in [0.25, 0.3) is 0 Å². The molecule has 0 aromatic heterocycles. The summed E-state index contributed by atoms with van der Waals surface area (Å²) in [6.07, 6.45) is 1.51. The van der Waals surface area contributed by atoms with Crippen LogP contribution in [0, 0.1) is 6.92 Å². The quantitative estimate of drug-likeness (QED) is 0.187. The van der Waals surface area contributed by atoms with Crippen LogP contribution < -0.4 is 20.2 Å². The van der Waals surface area contributed by atoms with Gasteiger partial charge in [-0.25, -0.2) is 5.43 Å². The molecule has 0 spiro atoms. The first-order valence-corrected chi connectivity index (χ1v) is 12.5. The molecular formula is C30H28ClN3O4. The van der Waals surface area contributed by atoms with E-state index in [0.717, 1.165) is 21.9 Å². The van der Waals surface area contributed by atoms with Gasteiger partial charge < -0.3 is 14.8 Å². The molecule has 2 amide bonds. The van der Waals surface area contributed by atoms with Crippen molar-refractivity contribution in [3.63, 3.8) is 0 Å². The lowest BCUT2D eigenvalue weighted by Crippen LogP contribution is -2.20. The van der Waals surface area contributed by atoms with Crippen LogP contribution >= 0.6 is 11.6 Å². The Morgan fingerprint density at radius 3 is 2.53 bits per heavy atom.